The Labute approximate surface area is 316 Å². The summed E-state index contributed by atoms with van der Waals surface area (Å²) in [4.78, 5) is 44.4. The smallest absolute Gasteiger partial charge is 0.290 e. The molecular weight excluding hydrogens is 705 g/mol. The van der Waals surface area contributed by atoms with Crippen LogP contribution in [0.1, 0.15) is 66.2 Å². The molecule has 0 unspecified atom stereocenters. The second-order valence-corrected chi connectivity index (χ2v) is 14.1. The van der Waals surface area contributed by atoms with Crippen molar-refractivity contribution in [1.82, 2.24) is 19.8 Å². The summed E-state index contributed by atoms with van der Waals surface area (Å²) in [6.07, 6.45) is 6.12. The molecule has 2 aliphatic heterocycles. The highest BCUT2D eigenvalue weighted by atomic mass is 19.1. The number of aryl methyl sites for hydroxylation is 1. The molecule has 2 amide bonds. The largest absolute Gasteiger partial charge is 0.508 e. The SMILES string of the molecule is O=C1CCCC(=O)N1n1ncc(Oc2ccc(O[C@@H]3CCN(CCOc4ccc([C@H]5c6ccc(O)cc6CC[C@H]5c5ccc(F)cc5)cc4)C3)nc2)cc1=O. The fraction of sp³-hybridized carbons (Fsp3) is 0.310. The normalized spacial score (nSPS) is 19.9. The molecule has 5 aromatic rings. The van der Waals surface area contributed by atoms with Gasteiger partial charge in [0.2, 0.25) is 17.7 Å². The van der Waals surface area contributed by atoms with Gasteiger partial charge in [0.15, 0.2) is 5.75 Å². The molecular formula is C42H40FN5O7. The van der Waals surface area contributed by atoms with Gasteiger partial charge in [0, 0.05) is 44.5 Å². The summed E-state index contributed by atoms with van der Waals surface area (Å²) in [7, 11) is 0. The minimum absolute atomic E-state index is 0.0371. The van der Waals surface area contributed by atoms with Gasteiger partial charge >= 0.3 is 0 Å². The number of aromatic hydroxyl groups is 1. The van der Waals surface area contributed by atoms with Gasteiger partial charge in [-0.1, -0.05) is 30.3 Å². The van der Waals surface area contributed by atoms with Crippen LogP contribution >= 0.6 is 0 Å². The summed E-state index contributed by atoms with van der Waals surface area (Å²) in [5.74, 6) is 1.07. The first-order valence-electron chi connectivity index (χ1n) is 18.6. The van der Waals surface area contributed by atoms with Gasteiger partial charge in [-0.3, -0.25) is 19.3 Å². The first-order chi connectivity index (χ1) is 26.8. The maximum atomic E-state index is 13.8. The summed E-state index contributed by atoms with van der Waals surface area (Å²) in [5.41, 5.74) is 3.91. The molecule has 2 saturated heterocycles. The van der Waals surface area contributed by atoms with E-state index in [2.05, 4.69) is 27.1 Å². The second kappa shape index (κ2) is 15.7. The number of amides is 2. The number of nitrogens with zero attached hydrogens (tertiary/aromatic N) is 5. The highest BCUT2D eigenvalue weighted by Crippen LogP contribution is 2.47. The van der Waals surface area contributed by atoms with E-state index in [4.69, 9.17) is 14.2 Å². The first-order valence-corrected chi connectivity index (χ1v) is 18.6. The summed E-state index contributed by atoms with van der Waals surface area (Å²) >= 11 is 0. The lowest BCUT2D eigenvalue weighted by atomic mass is 9.69. The Morgan fingerprint density at radius 3 is 2.31 bits per heavy atom. The summed E-state index contributed by atoms with van der Waals surface area (Å²) in [6, 6.07) is 25.2. The van der Waals surface area contributed by atoms with Crippen molar-refractivity contribution in [1.29, 1.82) is 0 Å². The Bertz CT molecular complexity index is 2210. The number of carbonyl (C=O) groups is 2. The van der Waals surface area contributed by atoms with Crippen LogP contribution in [0.5, 0.6) is 28.9 Å². The van der Waals surface area contributed by atoms with E-state index in [-0.39, 0.29) is 48.1 Å². The number of fused-ring (bicyclic) bond motifs is 1. The van der Waals surface area contributed by atoms with Crippen LogP contribution in [0.25, 0.3) is 0 Å². The zero-order chi connectivity index (χ0) is 37.9. The number of likely N-dealkylation sites (tertiary alicyclic amines) is 1. The molecule has 13 heteroatoms. The molecule has 2 fully saturated rings. The summed E-state index contributed by atoms with van der Waals surface area (Å²) in [6.45, 7) is 2.85. The number of aromatic nitrogens is 3. The predicted octanol–water partition coefficient (Wildman–Crippen LogP) is 5.84. The maximum absolute atomic E-state index is 13.8. The number of piperidine rings is 1. The highest BCUT2D eigenvalue weighted by molar-refractivity contribution is 6.09. The van der Waals surface area contributed by atoms with E-state index >= 15 is 0 Å². The third-order valence-corrected chi connectivity index (χ3v) is 10.5. The van der Waals surface area contributed by atoms with Crippen LogP contribution in [0, 0.1) is 5.82 Å². The Morgan fingerprint density at radius 1 is 0.800 bits per heavy atom. The van der Waals surface area contributed by atoms with Crippen molar-refractivity contribution in [2.24, 2.45) is 0 Å². The van der Waals surface area contributed by atoms with Gasteiger partial charge in [0.1, 0.15) is 35.8 Å². The average molecular weight is 746 g/mol. The highest BCUT2D eigenvalue weighted by Gasteiger charge is 2.33. The molecule has 3 atom stereocenters. The molecule has 0 spiro atoms. The van der Waals surface area contributed by atoms with E-state index in [1.807, 2.05) is 36.4 Å². The quantitative estimate of drug-likeness (QED) is 0.164. The predicted molar refractivity (Wildman–Crippen MR) is 200 cm³/mol. The summed E-state index contributed by atoms with van der Waals surface area (Å²) in [5, 5.41) is 14.9. The molecule has 3 aromatic carbocycles. The van der Waals surface area contributed by atoms with Gasteiger partial charge in [-0.2, -0.15) is 10.1 Å². The van der Waals surface area contributed by atoms with Crippen LogP contribution in [0.2, 0.25) is 0 Å². The van der Waals surface area contributed by atoms with E-state index in [1.165, 1.54) is 30.1 Å². The third-order valence-electron chi connectivity index (χ3n) is 10.5. The molecule has 0 radical (unpaired) electrons. The number of halogens is 1. The van der Waals surface area contributed by atoms with Crippen LogP contribution in [0.15, 0.2) is 102 Å². The van der Waals surface area contributed by atoms with Crippen molar-refractivity contribution in [2.75, 3.05) is 31.3 Å². The Morgan fingerprint density at radius 2 is 1.56 bits per heavy atom. The van der Waals surface area contributed by atoms with E-state index in [1.54, 1.807) is 18.2 Å². The monoisotopic (exact) mass is 745 g/mol. The van der Waals surface area contributed by atoms with E-state index < -0.39 is 17.4 Å². The lowest BCUT2D eigenvalue weighted by Gasteiger charge is -2.35. The molecule has 0 bridgehead atoms. The first kappa shape index (κ1) is 35.9. The van der Waals surface area contributed by atoms with Gasteiger partial charge in [0.25, 0.3) is 5.56 Å². The van der Waals surface area contributed by atoms with Crippen molar-refractivity contribution < 1.29 is 33.3 Å². The van der Waals surface area contributed by atoms with Crippen molar-refractivity contribution in [3.05, 3.63) is 136 Å². The molecule has 0 saturated carbocycles. The number of hydrogen-bond acceptors (Lipinski definition) is 10. The second-order valence-electron chi connectivity index (χ2n) is 14.1. The van der Waals surface area contributed by atoms with Crippen LogP contribution in [-0.4, -0.2) is 69.0 Å². The molecule has 2 aromatic heterocycles. The van der Waals surface area contributed by atoms with E-state index in [9.17, 15) is 23.9 Å². The molecule has 55 heavy (non-hydrogen) atoms. The zero-order valence-corrected chi connectivity index (χ0v) is 30.1. The lowest BCUT2D eigenvalue weighted by Crippen LogP contribution is -2.53. The van der Waals surface area contributed by atoms with E-state index in [0.717, 1.165) is 77.2 Å². The minimum atomic E-state index is -0.662. The van der Waals surface area contributed by atoms with Crippen molar-refractivity contribution in [2.45, 2.75) is 56.5 Å². The third kappa shape index (κ3) is 8.07. The number of phenols is 1. The maximum Gasteiger partial charge on any atom is 0.290 e. The van der Waals surface area contributed by atoms with Crippen LogP contribution in [0.4, 0.5) is 4.39 Å². The van der Waals surface area contributed by atoms with Gasteiger partial charge in [-0.25, -0.2) is 9.37 Å². The van der Waals surface area contributed by atoms with Crippen molar-refractivity contribution in [3.63, 3.8) is 0 Å². The molecule has 12 nitrogen and oxygen atoms in total. The van der Waals surface area contributed by atoms with Gasteiger partial charge in [0.05, 0.1) is 18.5 Å². The number of phenolic OH excluding ortho intramolecular Hbond substituents is 1. The Hall–Kier alpha value is -6.08. The topological polar surface area (TPSA) is 136 Å². The van der Waals surface area contributed by atoms with Crippen molar-refractivity contribution >= 4 is 11.8 Å². The number of rotatable bonds is 11. The number of ether oxygens (including phenoxy) is 3. The Balaban J connectivity index is 0.820. The molecule has 1 aliphatic carbocycles. The van der Waals surface area contributed by atoms with Gasteiger partial charge in [-0.05, 0) is 96.3 Å². The number of carbonyl (C=O) groups excluding carboxylic acids is 2. The fourth-order valence-electron chi connectivity index (χ4n) is 7.80. The van der Waals surface area contributed by atoms with Crippen LogP contribution < -0.4 is 24.8 Å². The average Bonchev–Trinajstić information content (AvgIpc) is 3.63. The van der Waals surface area contributed by atoms with Crippen molar-refractivity contribution in [3.8, 4) is 28.9 Å². The van der Waals surface area contributed by atoms with Gasteiger partial charge in [-0.15, -0.1) is 4.79 Å². The summed E-state index contributed by atoms with van der Waals surface area (Å²) < 4.78 is 31.8. The van der Waals surface area contributed by atoms with E-state index in [0.29, 0.717) is 24.7 Å². The molecule has 4 heterocycles. The standard InChI is InChI=1S/C42H40FN5O7/c43-30-9-4-27(5-10-30)36-15-8-29-22-31(49)11-16-37(29)42(36)28-6-12-32(13-7-28)53-21-20-46-19-18-34(26-46)55-38-17-14-33(24-44-38)54-35-23-41(52)48(45-25-35)47-39(50)2-1-3-40(47)51/h4-7,9-14,16-17,22-25,34,36,42,49H,1-3,8,15,18-21,26H2/t34-,36+,42-/m1/s1. The number of hydrogen-bond donors (Lipinski definition) is 1. The Kier molecular flexibility index (Phi) is 10.3. The minimum Gasteiger partial charge on any atom is -0.508 e. The van der Waals surface area contributed by atoms with Crippen LogP contribution in [-0.2, 0) is 16.0 Å². The zero-order valence-electron chi connectivity index (χ0n) is 30.1. The molecule has 282 valence electrons. The fourth-order valence-corrected chi connectivity index (χ4v) is 7.80. The number of imide groups is 1. The molecule has 8 rings (SSSR count). The molecule has 1 N–H and O–H groups in total. The number of pyridine rings is 1. The lowest BCUT2D eigenvalue weighted by molar-refractivity contribution is -0.132. The van der Waals surface area contributed by atoms with Gasteiger partial charge < -0.3 is 19.3 Å². The number of benzene rings is 3. The van der Waals surface area contributed by atoms with Crippen LogP contribution in [0.3, 0.4) is 0 Å². The molecule has 3 aliphatic rings.